The first-order valence-electron chi connectivity index (χ1n) is 11.0. The number of alkyl halides is 6. The highest BCUT2D eigenvalue weighted by molar-refractivity contribution is 7.18. The topological polar surface area (TPSA) is 80.0 Å². The first-order valence-corrected chi connectivity index (χ1v) is 11.8. The highest BCUT2D eigenvalue weighted by Crippen LogP contribution is 2.34. The molecule has 3 heterocycles. The summed E-state index contributed by atoms with van der Waals surface area (Å²) in [6.07, 6.45) is -7.85. The van der Waals surface area contributed by atoms with Gasteiger partial charge >= 0.3 is 12.4 Å². The number of thiazole rings is 1. The number of aliphatic hydroxyl groups excluding tert-OH is 1. The minimum Gasteiger partial charge on any atom is -0.389 e. The number of fused-ring (bicyclic) bond motifs is 2. The number of hydrogen-bond donors (Lipinski definition) is 2. The van der Waals surface area contributed by atoms with Crippen molar-refractivity contribution in [1.29, 1.82) is 0 Å². The number of aromatic nitrogens is 3. The molecule has 0 aliphatic heterocycles. The molecule has 0 aliphatic rings. The van der Waals surface area contributed by atoms with Gasteiger partial charge in [-0.1, -0.05) is 23.5 Å². The molecule has 5 aromatic rings. The van der Waals surface area contributed by atoms with E-state index in [1.807, 2.05) is 0 Å². The smallest absolute Gasteiger partial charge is 0.389 e. The molecule has 0 saturated heterocycles. The molecule has 6 nitrogen and oxygen atoms in total. The average Bonchev–Trinajstić information content (AvgIpc) is 3.44. The van der Waals surface area contributed by atoms with Crippen LogP contribution in [0.25, 0.3) is 21.3 Å². The molecule has 38 heavy (non-hydrogen) atoms. The summed E-state index contributed by atoms with van der Waals surface area (Å²) >= 11 is 1.17. The Morgan fingerprint density at radius 3 is 2.42 bits per heavy atom. The molecule has 0 aliphatic carbocycles. The number of rotatable bonds is 5. The van der Waals surface area contributed by atoms with Gasteiger partial charge in [-0.05, 0) is 48.0 Å². The fourth-order valence-electron chi connectivity index (χ4n) is 4.03. The zero-order valence-corrected chi connectivity index (χ0v) is 19.9. The summed E-state index contributed by atoms with van der Waals surface area (Å²) in [7, 11) is 0. The molecule has 3 aromatic heterocycles. The van der Waals surface area contributed by atoms with Crippen molar-refractivity contribution in [2.45, 2.75) is 25.5 Å². The monoisotopic (exact) mass is 550 g/mol. The van der Waals surface area contributed by atoms with E-state index in [9.17, 15) is 36.2 Å². The van der Waals surface area contributed by atoms with Gasteiger partial charge in [0.15, 0.2) is 0 Å². The van der Waals surface area contributed by atoms with Crippen LogP contribution in [0.2, 0.25) is 0 Å². The van der Waals surface area contributed by atoms with Crippen LogP contribution in [0.15, 0.2) is 60.8 Å². The van der Waals surface area contributed by atoms with E-state index in [0.717, 1.165) is 24.3 Å². The fourth-order valence-corrected chi connectivity index (χ4v) is 4.78. The first kappa shape index (κ1) is 25.7. The molecular formula is C25H16F6N4O2S. The molecule has 1 amide bonds. The maximum absolute atomic E-state index is 13.3. The molecule has 2 aromatic carbocycles. The van der Waals surface area contributed by atoms with Gasteiger partial charge in [0, 0.05) is 17.4 Å². The summed E-state index contributed by atoms with van der Waals surface area (Å²) in [5.74, 6) is -0.708. The lowest BCUT2D eigenvalue weighted by molar-refractivity contribution is -0.138. The van der Waals surface area contributed by atoms with Crippen molar-refractivity contribution in [3.8, 4) is 0 Å². The molecule has 0 radical (unpaired) electrons. The van der Waals surface area contributed by atoms with E-state index in [4.69, 9.17) is 0 Å². The second-order valence-corrected chi connectivity index (χ2v) is 9.42. The van der Waals surface area contributed by atoms with Crippen molar-refractivity contribution >= 4 is 44.2 Å². The Bertz CT molecular complexity index is 1670. The van der Waals surface area contributed by atoms with Gasteiger partial charge in [0.2, 0.25) is 0 Å². The Morgan fingerprint density at radius 1 is 0.974 bits per heavy atom. The van der Waals surface area contributed by atoms with Crippen LogP contribution < -0.4 is 5.32 Å². The van der Waals surface area contributed by atoms with E-state index >= 15 is 0 Å². The number of pyridine rings is 1. The van der Waals surface area contributed by atoms with Crippen LogP contribution in [0.4, 0.5) is 32.0 Å². The third-order valence-electron chi connectivity index (χ3n) is 5.74. The second-order valence-electron chi connectivity index (χ2n) is 8.35. The Hall–Kier alpha value is -3.97. The number of hydrogen-bond acceptors (Lipinski definition) is 5. The van der Waals surface area contributed by atoms with Crippen LogP contribution in [0.1, 0.15) is 32.2 Å². The standard InChI is InChI=1S/C25H16F6N4O2S/c26-24(27,28)15-3-1-2-13(6-15)11-35-19-5-4-16(25(29,30)31)7-14(19)8-20(35)22(37)33-17-9-18-23(32-10-17)38-21(12-36)34-18/h1-10,36H,11-12H2,(H,33,37). The van der Waals surface area contributed by atoms with Crippen molar-refractivity contribution < 1.29 is 36.2 Å². The maximum atomic E-state index is 13.3. The molecule has 0 saturated carbocycles. The number of carbonyl (C=O) groups is 1. The lowest BCUT2D eigenvalue weighted by Gasteiger charge is -2.14. The molecular weight excluding hydrogens is 534 g/mol. The summed E-state index contributed by atoms with van der Waals surface area (Å²) < 4.78 is 81.0. The molecule has 0 atom stereocenters. The van der Waals surface area contributed by atoms with Gasteiger partial charge in [0.25, 0.3) is 5.91 Å². The van der Waals surface area contributed by atoms with Gasteiger partial charge in [0.1, 0.15) is 21.0 Å². The molecule has 0 unspecified atom stereocenters. The molecule has 0 fully saturated rings. The number of aliphatic hydroxyl groups is 1. The third-order valence-corrected chi connectivity index (χ3v) is 6.71. The number of nitrogens with one attached hydrogen (secondary N) is 1. The van der Waals surface area contributed by atoms with E-state index in [0.29, 0.717) is 15.4 Å². The van der Waals surface area contributed by atoms with Crippen LogP contribution >= 0.6 is 11.3 Å². The van der Waals surface area contributed by atoms with E-state index < -0.39 is 29.4 Å². The molecule has 2 N–H and O–H groups in total. The molecule has 0 spiro atoms. The van der Waals surface area contributed by atoms with E-state index in [-0.39, 0.29) is 41.0 Å². The number of carbonyl (C=O) groups excluding carboxylic acids is 1. The Balaban J connectivity index is 1.56. The van der Waals surface area contributed by atoms with Crippen molar-refractivity contribution in [1.82, 2.24) is 14.5 Å². The lowest BCUT2D eigenvalue weighted by Crippen LogP contribution is -2.18. The lowest BCUT2D eigenvalue weighted by atomic mass is 10.1. The summed E-state index contributed by atoms with van der Waals surface area (Å²) in [6.45, 7) is -0.483. The maximum Gasteiger partial charge on any atom is 0.416 e. The Labute approximate surface area is 214 Å². The van der Waals surface area contributed by atoms with Gasteiger partial charge in [-0.2, -0.15) is 26.3 Å². The van der Waals surface area contributed by atoms with Crippen molar-refractivity contribution in [2.75, 3.05) is 5.32 Å². The van der Waals surface area contributed by atoms with Crippen LogP contribution in [-0.4, -0.2) is 25.5 Å². The van der Waals surface area contributed by atoms with Crippen LogP contribution in [0.3, 0.4) is 0 Å². The normalized spacial score (nSPS) is 12.4. The zero-order valence-electron chi connectivity index (χ0n) is 19.1. The highest BCUT2D eigenvalue weighted by Gasteiger charge is 2.32. The average molecular weight is 550 g/mol. The number of amides is 1. The van der Waals surface area contributed by atoms with Crippen molar-refractivity contribution in [3.63, 3.8) is 0 Å². The van der Waals surface area contributed by atoms with Gasteiger partial charge in [-0.25, -0.2) is 9.97 Å². The SMILES string of the molecule is O=C(Nc1cnc2sc(CO)nc2c1)c1cc2cc(C(F)(F)F)ccc2n1Cc1cccc(C(F)(F)F)c1. The van der Waals surface area contributed by atoms with Gasteiger partial charge in [0.05, 0.1) is 29.6 Å². The Kier molecular flexibility index (Phi) is 6.35. The Morgan fingerprint density at radius 2 is 1.71 bits per heavy atom. The quantitative estimate of drug-likeness (QED) is 0.246. The number of benzene rings is 2. The molecule has 0 bridgehead atoms. The summed E-state index contributed by atoms with van der Waals surface area (Å²) in [5, 5.41) is 12.4. The van der Waals surface area contributed by atoms with E-state index in [1.54, 1.807) is 0 Å². The zero-order chi connectivity index (χ0) is 27.2. The van der Waals surface area contributed by atoms with Gasteiger partial charge in [-0.15, -0.1) is 0 Å². The predicted molar refractivity (Wildman–Crippen MR) is 129 cm³/mol. The van der Waals surface area contributed by atoms with Crippen LogP contribution in [0, 0.1) is 0 Å². The van der Waals surface area contributed by atoms with Crippen LogP contribution in [-0.2, 0) is 25.5 Å². The number of nitrogens with zero attached hydrogens (tertiary/aromatic N) is 3. The first-order chi connectivity index (χ1) is 17.9. The summed E-state index contributed by atoms with van der Waals surface area (Å²) in [4.78, 5) is 22.2. The molecule has 196 valence electrons. The summed E-state index contributed by atoms with van der Waals surface area (Å²) in [6, 6.07) is 10.2. The largest absolute Gasteiger partial charge is 0.416 e. The fraction of sp³-hybridized carbons (Fsp3) is 0.160. The van der Waals surface area contributed by atoms with Gasteiger partial charge < -0.3 is 15.0 Å². The predicted octanol–water partition coefficient (Wildman–Crippen LogP) is 6.48. The number of anilines is 1. The minimum atomic E-state index is -4.62. The highest BCUT2D eigenvalue weighted by atomic mass is 32.1. The minimum absolute atomic E-state index is 0.0637. The summed E-state index contributed by atoms with van der Waals surface area (Å²) in [5.41, 5.74) is -0.770. The number of halogens is 6. The molecule has 13 heteroatoms. The van der Waals surface area contributed by atoms with Crippen molar-refractivity contribution in [2.24, 2.45) is 0 Å². The third kappa shape index (κ3) is 5.07. The molecule has 5 rings (SSSR count). The second kappa shape index (κ2) is 9.40. The van der Waals surface area contributed by atoms with Crippen molar-refractivity contribution in [3.05, 3.63) is 88.2 Å². The van der Waals surface area contributed by atoms with E-state index in [2.05, 4.69) is 15.3 Å². The van der Waals surface area contributed by atoms with Crippen LogP contribution in [0.5, 0.6) is 0 Å². The van der Waals surface area contributed by atoms with E-state index in [1.165, 1.54) is 52.4 Å². The van der Waals surface area contributed by atoms with Gasteiger partial charge in [-0.3, -0.25) is 4.79 Å².